The monoisotopic (exact) mass is 379 g/mol. The first-order valence-corrected chi connectivity index (χ1v) is 9.45. The third-order valence-electron chi connectivity index (χ3n) is 4.28. The van der Waals surface area contributed by atoms with E-state index in [0.29, 0.717) is 17.9 Å². The Balaban J connectivity index is 1.60. The highest BCUT2D eigenvalue weighted by molar-refractivity contribution is 7.89. The van der Waals surface area contributed by atoms with E-state index in [1.54, 1.807) is 24.4 Å². The number of anilines is 2. The van der Waals surface area contributed by atoms with Crippen molar-refractivity contribution in [3.05, 3.63) is 65.5 Å². The molecule has 0 aliphatic carbocycles. The zero-order valence-corrected chi connectivity index (χ0v) is 15.3. The van der Waals surface area contributed by atoms with Crippen LogP contribution in [0.3, 0.4) is 0 Å². The second-order valence-corrected chi connectivity index (χ2v) is 7.49. The Labute approximate surface area is 159 Å². The second kappa shape index (κ2) is 6.99. The van der Waals surface area contributed by atoms with E-state index in [1.807, 2.05) is 31.2 Å². The van der Waals surface area contributed by atoms with Crippen LogP contribution in [0, 0.1) is 6.92 Å². The Morgan fingerprint density at radius 3 is 2.81 bits per heavy atom. The Morgan fingerprint density at radius 2 is 2.04 bits per heavy atom. The number of fused-ring (bicyclic) bond motifs is 1. The van der Waals surface area contributed by atoms with Crippen molar-refractivity contribution in [2.24, 2.45) is 0 Å². The maximum Gasteiger partial charge on any atom is 0.278 e. The number of benzene rings is 2. The minimum absolute atomic E-state index is 0.0623. The van der Waals surface area contributed by atoms with Gasteiger partial charge in [0.1, 0.15) is 0 Å². The molecular weight excluding hydrogens is 362 g/mol. The van der Waals surface area contributed by atoms with E-state index in [4.69, 9.17) is 5.73 Å². The number of carbonyl (C=O) groups excluding carboxylic acids is 1. The van der Waals surface area contributed by atoms with Gasteiger partial charge >= 0.3 is 0 Å². The van der Waals surface area contributed by atoms with Crippen molar-refractivity contribution < 1.29 is 9.35 Å². The van der Waals surface area contributed by atoms with Gasteiger partial charge in [-0.15, -0.1) is 4.72 Å². The van der Waals surface area contributed by atoms with Gasteiger partial charge in [-0.1, -0.05) is 29.8 Å². The standard InChI is InChI=1S/C19H17N5O2S/c1-11-2-4-12(5-3-11)15-10-21-18(20)17(24-15)19(25)23-14-6-7-16-13(8-14)9-22-27(16)26/h2-8,10,22H,9H2,1H3,(H2,20,21)(H,23,25). The van der Waals surface area contributed by atoms with Crippen LogP contribution in [0.15, 0.2) is 53.6 Å². The Kier molecular flexibility index (Phi) is 4.53. The molecule has 1 aliphatic heterocycles. The highest BCUT2D eigenvalue weighted by Gasteiger charge is 2.25. The fraction of sp³-hybridized carbons (Fsp3) is 0.105. The van der Waals surface area contributed by atoms with Crippen LogP contribution >= 0.6 is 0 Å². The molecule has 1 aromatic heterocycles. The first-order valence-electron chi connectivity index (χ1n) is 8.30. The normalized spacial score (nSPS) is 15.4. The van der Waals surface area contributed by atoms with Gasteiger partial charge in [0.25, 0.3) is 5.91 Å². The van der Waals surface area contributed by atoms with Gasteiger partial charge in [0.05, 0.1) is 29.8 Å². The lowest BCUT2D eigenvalue weighted by atomic mass is 10.1. The maximum absolute atomic E-state index is 12.7. The van der Waals surface area contributed by atoms with Crippen LogP contribution in [-0.4, -0.2) is 20.4 Å². The van der Waals surface area contributed by atoms with E-state index < -0.39 is 17.3 Å². The van der Waals surface area contributed by atoms with E-state index in [9.17, 15) is 9.35 Å². The van der Waals surface area contributed by atoms with Crippen LogP contribution in [-0.2, 0) is 17.9 Å². The van der Waals surface area contributed by atoms with Gasteiger partial charge in [0.15, 0.2) is 16.4 Å². The highest BCUT2D eigenvalue weighted by Crippen LogP contribution is 2.26. The van der Waals surface area contributed by atoms with Gasteiger partial charge in [0, 0.05) is 16.8 Å². The number of hydrogen-bond acceptors (Lipinski definition) is 6. The quantitative estimate of drug-likeness (QED) is 0.602. The van der Waals surface area contributed by atoms with Crippen molar-refractivity contribution in [1.29, 1.82) is 0 Å². The second-order valence-electron chi connectivity index (χ2n) is 6.22. The molecule has 0 fully saturated rings. The number of nitrogens with one attached hydrogen (secondary N) is 2. The molecule has 7 nitrogen and oxygen atoms in total. The van der Waals surface area contributed by atoms with Gasteiger partial charge in [-0.3, -0.25) is 4.79 Å². The predicted octanol–water partition coefficient (Wildman–Crippen LogP) is 2.41. The summed E-state index contributed by atoms with van der Waals surface area (Å²) < 4.78 is 14.6. The van der Waals surface area contributed by atoms with E-state index in [0.717, 1.165) is 21.6 Å². The summed E-state index contributed by atoms with van der Waals surface area (Å²) in [5, 5.41) is 2.78. The van der Waals surface area contributed by atoms with Gasteiger partial charge < -0.3 is 15.6 Å². The largest absolute Gasteiger partial charge is 0.593 e. The molecule has 2 aromatic carbocycles. The van der Waals surface area contributed by atoms with E-state index in [-0.39, 0.29) is 11.5 Å². The molecule has 1 amide bonds. The topological polar surface area (TPSA) is 116 Å². The summed E-state index contributed by atoms with van der Waals surface area (Å²) in [6, 6.07) is 13.0. The Hall–Kier alpha value is -2.94. The number of aromatic nitrogens is 2. The molecule has 1 atom stereocenters. The third kappa shape index (κ3) is 3.50. The van der Waals surface area contributed by atoms with Crippen LogP contribution in [0.1, 0.15) is 21.6 Å². The van der Waals surface area contributed by atoms with Crippen LogP contribution in [0.5, 0.6) is 0 Å². The molecule has 8 heteroatoms. The van der Waals surface area contributed by atoms with Crippen molar-refractivity contribution in [3.8, 4) is 11.3 Å². The summed E-state index contributed by atoms with van der Waals surface area (Å²) >= 11 is -1.19. The van der Waals surface area contributed by atoms with Crippen LogP contribution < -0.4 is 15.8 Å². The van der Waals surface area contributed by atoms with Crippen LogP contribution in [0.2, 0.25) is 0 Å². The summed E-state index contributed by atoms with van der Waals surface area (Å²) in [6.07, 6.45) is 1.55. The van der Waals surface area contributed by atoms with Crippen molar-refractivity contribution in [2.75, 3.05) is 11.1 Å². The molecule has 0 bridgehead atoms. The molecule has 4 rings (SSSR count). The number of rotatable bonds is 3. The highest BCUT2D eigenvalue weighted by atomic mass is 32.2. The van der Waals surface area contributed by atoms with E-state index in [1.165, 1.54) is 0 Å². The molecule has 0 saturated heterocycles. The smallest absolute Gasteiger partial charge is 0.278 e. The number of hydrogen-bond donors (Lipinski definition) is 3. The number of carbonyl (C=O) groups is 1. The molecule has 0 saturated carbocycles. The summed E-state index contributed by atoms with van der Waals surface area (Å²) in [4.78, 5) is 21.9. The molecule has 0 spiro atoms. The zero-order chi connectivity index (χ0) is 19.0. The number of nitrogens with two attached hydrogens (primary N) is 1. The zero-order valence-electron chi connectivity index (χ0n) is 14.5. The van der Waals surface area contributed by atoms with Crippen molar-refractivity contribution in [2.45, 2.75) is 18.4 Å². The number of aryl methyl sites for hydroxylation is 1. The van der Waals surface area contributed by atoms with Gasteiger partial charge in [-0.25, -0.2) is 9.97 Å². The van der Waals surface area contributed by atoms with E-state index >= 15 is 0 Å². The number of nitrogens with zero attached hydrogens (tertiary/aromatic N) is 2. The van der Waals surface area contributed by atoms with Crippen molar-refractivity contribution in [3.63, 3.8) is 0 Å². The summed E-state index contributed by atoms with van der Waals surface area (Å²) in [7, 11) is 0. The Bertz CT molecular complexity index is 1020. The van der Waals surface area contributed by atoms with Gasteiger partial charge in [0.2, 0.25) is 0 Å². The van der Waals surface area contributed by atoms with Gasteiger partial charge in [-0.2, -0.15) is 0 Å². The lowest BCUT2D eigenvalue weighted by molar-refractivity contribution is 0.102. The molecule has 1 aliphatic rings. The molecule has 1 unspecified atom stereocenters. The summed E-state index contributed by atoms with van der Waals surface area (Å²) in [6.45, 7) is 2.50. The summed E-state index contributed by atoms with van der Waals surface area (Å²) in [5.41, 5.74) is 9.97. The fourth-order valence-electron chi connectivity index (χ4n) is 2.82. The number of amides is 1. The molecule has 2 heterocycles. The molecule has 3 aromatic rings. The predicted molar refractivity (Wildman–Crippen MR) is 104 cm³/mol. The maximum atomic E-state index is 12.7. The molecular formula is C19H17N5O2S. The lowest BCUT2D eigenvalue weighted by Crippen LogP contribution is -2.17. The minimum atomic E-state index is -1.19. The van der Waals surface area contributed by atoms with Crippen molar-refractivity contribution >= 4 is 28.8 Å². The third-order valence-corrected chi connectivity index (χ3v) is 5.48. The number of nitrogen functional groups attached to an aromatic ring is 1. The fourth-order valence-corrected chi connectivity index (χ4v) is 3.82. The Morgan fingerprint density at radius 1 is 1.26 bits per heavy atom. The van der Waals surface area contributed by atoms with Gasteiger partial charge in [-0.05, 0) is 25.1 Å². The van der Waals surface area contributed by atoms with Crippen molar-refractivity contribution in [1.82, 2.24) is 14.7 Å². The van der Waals surface area contributed by atoms with Crippen LogP contribution in [0.4, 0.5) is 11.5 Å². The first kappa shape index (κ1) is 17.5. The van der Waals surface area contributed by atoms with Crippen LogP contribution in [0.25, 0.3) is 11.3 Å². The molecule has 136 valence electrons. The van der Waals surface area contributed by atoms with E-state index in [2.05, 4.69) is 20.0 Å². The SMILES string of the molecule is Cc1ccc(-c2cnc(N)c(C(=O)Nc3ccc4c(c3)CN[S+]4[O-])n2)cc1. The minimum Gasteiger partial charge on any atom is -0.593 e. The average molecular weight is 379 g/mol. The average Bonchev–Trinajstić information content (AvgIpc) is 3.03. The first-order chi connectivity index (χ1) is 13.0. The molecule has 27 heavy (non-hydrogen) atoms. The summed E-state index contributed by atoms with van der Waals surface area (Å²) in [5.74, 6) is -0.381. The molecule has 0 radical (unpaired) electrons. The molecule has 4 N–H and O–H groups in total. The lowest BCUT2D eigenvalue weighted by Gasteiger charge is -2.09.